The molecule has 0 aliphatic rings. The van der Waals surface area contributed by atoms with Crippen molar-refractivity contribution in [3.8, 4) is 0 Å². The topological polar surface area (TPSA) is 0 Å². The van der Waals surface area contributed by atoms with Crippen molar-refractivity contribution in [1.29, 1.82) is 0 Å². The monoisotopic (exact) mass is 446 g/mol. The van der Waals surface area contributed by atoms with Gasteiger partial charge in [0.05, 0.1) is 0 Å². The molecule has 4 radical (unpaired) electrons. The first kappa shape index (κ1) is 27.1. The average Bonchev–Trinajstić information content (AvgIpc) is 0. The van der Waals surface area contributed by atoms with Crippen LogP contribution in [0.3, 0.4) is 0 Å². The van der Waals surface area contributed by atoms with Crippen LogP contribution in [0.1, 0.15) is 0 Å². The molecular weight excluding hydrogens is 448 g/mol. The fourth-order valence-electron chi connectivity index (χ4n) is 0. The van der Waals surface area contributed by atoms with Crippen LogP contribution in [0.2, 0.25) is 0 Å². The molecule has 0 amide bonds. The van der Waals surface area contributed by atoms with Crippen molar-refractivity contribution in [2.75, 3.05) is 0 Å². The van der Waals surface area contributed by atoms with E-state index in [-0.39, 0.29) is 96.2 Å². The van der Waals surface area contributed by atoms with E-state index in [9.17, 15) is 0 Å². The summed E-state index contributed by atoms with van der Waals surface area (Å²) < 4.78 is 0. The molecule has 0 saturated heterocycles. The van der Waals surface area contributed by atoms with Crippen LogP contribution >= 0.6 is 0 Å². The van der Waals surface area contributed by atoms with Gasteiger partial charge in [-0.1, -0.05) is 0 Å². The third-order valence-electron chi connectivity index (χ3n) is 0. The Morgan fingerprint density at radius 2 is 0.750 bits per heavy atom. The Kier molecular flexibility index (Phi) is 111. The third-order valence-corrected chi connectivity index (χ3v) is 0. The molecule has 0 aliphatic carbocycles. The van der Waals surface area contributed by atoms with Crippen LogP contribution in [0.5, 0.6) is 0 Å². The maximum atomic E-state index is 0. The fourth-order valence-corrected chi connectivity index (χ4v) is 0. The van der Waals surface area contributed by atoms with Crippen molar-refractivity contribution >= 4 is 27.3 Å². The first-order valence-corrected chi connectivity index (χ1v) is 0. The third kappa shape index (κ3) is 8.95. The van der Waals surface area contributed by atoms with Gasteiger partial charge in [0.2, 0.25) is 0 Å². The van der Waals surface area contributed by atoms with Crippen molar-refractivity contribution in [3.05, 3.63) is 0 Å². The molecule has 0 saturated carbocycles. The molecule has 0 heterocycles. The van der Waals surface area contributed by atoms with Crippen LogP contribution in [0.15, 0.2) is 0 Å². The van der Waals surface area contributed by atoms with Crippen LogP contribution in [0, 0.1) is 0 Å². The zero-order chi connectivity index (χ0) is 0. The summed E-state index contributed by atoms with van der Waals surface area (Å²) in [4.78, 5) is 0. The standard InChI is InChI=1S/Ni.Pb.2Zr. The molecule has 0 aliphatic heterocycles. The van der Waals surface area contributed by atoms with Crippen molar-refractivity contribution in [2.45, 2.75) is 0 Å². The van der Waals surface area contributed by atoms with E-state index in [4.69, 9.17) is 0 Å². The Bertz CT molecular complexity index is 6.00. The maximum absolute atomic E-state index is 0. The SMILES string of the molecule is [Ni].[Pb].[Zr].[Zr]. The van der Waals surface area contributed by atoms with Crippen LogP contribution in [-0.4, -0.2) is 27.3 Å². The van der Waals surface area contributed by atoms with E-state index < -0.39 is 0 Å². The molecule has 0 N–H and O–H groups in total. The van der Waals surface area contributed by atoms with E-state index in [1.807, 2.05) is 0 Å². The van der Waals surface area contributed by atoms with Crippen molar-refractivity contribution in [1.82, 2.24) is 0 Å². The summed E-state index contributed by atoms with van der Waals surface area (Å²) in [7, 11) is 0. The van der Waals surface area contributed by atoms with Gasteiger partial charge in [-0.25, -0.2) is 0 Å². The molecule has 22 valence electrons. The normalized spacial score (nSPS) is 0. The Balaban J connectivity index is 0. The Labute approximate surface area is 94.2 Å². The van der Waals surface area contributed by atoms with Gasteiger partial charge in [0.15, 0.2) is 0 Å². The largest absolute Gasteiger partial charge is 0 e. The summed E-state index contributed by atoms with van der Waals surface area (Å²) in [6.45, 7) is 0. The summed E-state index contributed by atoms with van der Waals surface area (Å²) in [6, 6.07) is 0. The molecule has 0 atom stereocenters. The first-order chi connectivity index (χ1) is 0. The van der Waals surface area contributed by atoms with Crippen LogP contribution < -0.4 is 0 Å². The van der Waals surface area contributed by atoms with Gasteiger partial charge >= 0.3 is 0 Å². The molecular formula is NiPbZr2. The van der Waals surface area contributed by atoms with Crippen LogP contribution in [-0.2, 0) is 68.9 Å². The number of hydrogen-bond donors (Lipinski definition) is 0. The van der Waals surface area contributed by atoms with Crippen molar-refractivity contribution < 1.29 is 68.9 Å². The molecule has 0 aromatic heterocycles. The molecule has 0 unspecified atom stereocenters. The minimum absolute atomic E-state index is 0. The summed E-state index contributed by atoms with van der Waals surface area (Å²) in [5.41, 5.74) is 0. The minimum atomic E-state index is 0. The maximum Gasteiger partial charge on any atom is 0 e. The van der Waals surface area contributed by atoms with E-state index >= 15 is 0 Å². The molecule has 0 fully saturated rings. The Hall–Kier alpha value is 3.18. The number of rotatable bonds is 0. The van der Waals surface area contributed by atoms with Crippen molar-refractivity contribution in [2.24, 2.45) is 0 Å². The van der Waals surface area contributed by atoms with E-state index in [2.05, 4.69) is 0 Å². The summed E-state index contributed by atoms with van der Waals surface area (Å²) in [6.07, 6.45) is 0. The molecule has 0 bridgehead atoms. The van der Waals surface area contributed by atoms with E-state index in [0.717, 1.165) is 0 Å². The van der Waals surface area contributed by atoms with E-state index in [1.165, 1.54) is 0 Å². The predicted molar refractivity (Wildman–Crippen MR) is 5.75 cm³/mol. The quantitative estimate of drug-likeness (QED) is 0.443. The smallest absolute Gasteiger partial charge is 0 e. The summed E-state index contributed by atoms with van der Waals surface area (Å²) in [5.74, 6) is 0. The van der Waals surface area contributed by atoms with E-state index in [1.54, 1.807) is 0 Å². The van der Waals surface area contributed by atoms with Crippen LogP contribution in [0.25, 0.3) is 0 Å². The number of hydrogen-bond acceptors (Lipinski definition) is 0. The van der Waals surface area contributed by atoms with Gasteiger partial charge in [-0.05, 0) is 0 Å². The second-order valence-electron chi connectivity index (χ2n) is 0. The zero-order valence-corrected chi connectivity index (χ0v) is 11.6. The minimum Gasteiger partial charge on any atom is 0 e. The van der Waals surface area contributed by atoms with Gasteiger partial charge in [0.25, 0.3) is 0 Å². The Morgan fingerprint density at radius 3 is 0.750 bits per heavy atom. The molecule has 0 rings (SSSR count). The molecule has 4 heteroatoms. The van der Waals surface area contributed by atoms with Gasteiger partial charge in [-0.3, -0.25) is 0 Å². The molecule has 0 aromatic rings. The van der Waals surface area contributed by atoms with E-state index in [0.29, 0.717) is 0 Å². The van der Waals surface area contributed by atoms with Crippen molar-refractivity contribution in [3.63, 3.8) is 0 Å². The average molecular weight is 448 g/mol. The van der Waals surface area contributed by atoms with Gasteiger partial charge in [0, 0.05) is 96.2 Å². The molecule has 0 aromatic carbocycles. The second-order valence-corrected chi connectivity index (χ2v) is 0. The summed E-state index contributed by atoms with van der Waals surface area (Å²) in [5, 5.41) is 0. The van der Waals surface area contributed by atoms with Gasteiger partial charge in [0.1, 0.15) is 0 Å². The van der Waals surface area contributed by atoms with Gasteiger partial charge in [-0.2, -0.15) is 0 Å². The zero-order valence-electron chi connectivity index (χ0n) is 1.82. The molecule has 4 heavy (non-hydrogen) atoms. The Morgan fingerprint density at radius 1 is 0.750 bits per heavy atom. The van der Waals surface area contributed by atoms with Crippen LogP contribution in [0.4, 0.5) is 0 Å². The first-order valence-electron chi connectivity index (χ1n) is 0. The molecule has 0 nitrogen and oxygen atoms in total. The second kappa shape index (κ2) is 16.4. The summed E-state index contributed by atoms with van der Waals surface area (Å²) >= 11 is 0. The predicted octanol–water partition coefficient (Wildman–Crippen LogP) is -0.388. The van der Waals surface area contributed by atoms with Gasteiger partial charge in [-0.15, -0.1) is 0 Å². The fraction of sp³-hybridized carbons (Fsp3) is 0. The molecule has 0 spiro atoms. The van der Waals surface area contributed by atoms with Gasteiger partial charge < -0.3 is 0 Å².